The first kappa shape index (κ1) is 22.8. The van der Waals surface area contributed by atoms with E-state index in [1.165, 1.54) is 57.8 Å². The van der Waals surface area contributed by atoms with Gasteiger partial charge < -0.3 is 10.2 Å². The Morgan fingerprint density at radius 3 is 2.47 bits per heavy atom. The molecule has 0 amide bonds. The fourth-order valence-electron chi connectivity index (χ4n) is 9.10. The van der Waals surface area contributed by atoms with E-state index in [0.717, 1.165) is 61.7 Å². The van der Waals surface area contributed by atoms with Crippen LogP contribution in [0.3, 0.4) is 0 Å². The van der Waals surface area contributed by atoms with Crippen LogP contribution in [0.5, 0.6) is 0 Å². The highest BCUT2D eigenvalue weighted by Crippen LogP contribution is 2.68. The molecule has 2 nitrogen and oxygen atoms in total. The van der Waals surface area contributed by atoms with E-state index >= 15 is 0 Å². The van der Waals surface area contributed by atoms with E-state index in [2.05, 4.69) is 27.4 Å². The Labute approximate surface area is 185 Å². The molecule has 4 fully saturated rings. The molecule has 4 aliphatic carbocycles. The SMILES string of the molecule is C=CCC(O)CCCCC1CCC2C3CCC4C[C@@](C)(O)CC[C@]4(C)C3CCC12C. The minimum Gasteiger partial charge on any atom is -0.393 e. The molecule has 7 unspecified atom stereocenters. The van der Waals surface area contributed by atoms with Gasteiger partial charge in [0, 0.05) is 0 Å². The van der Waals surface area contributed by atoms with E-state index in [4.69, 9.17) is 0 Å². The minimum atomic E-state index is -0.419. The number of hydrogen-bond acceptors (Lipinski definition) is 2. The predicted octanol–water partition coefficient (Wildman–Crippen LogP) is 6.89. The first-order chi connectivity index (χ1) is 14.2. The molecule has 172 valence electrons. The van der Waals surface area contributed by atoms with Crippen molar-refractivity contribution in [2.45, 2.75) is 122 Å². The Morgan fingerprint density at radius 1 is 0.933 bits per heavy atom. The quantitative estimate of drug-likeness (QED) is 0.350. The van der Waals surface area contributed by atoms with Crippen LogP contribution in [0.4, 0.5) is 0 Å². The Hall–Kier alpha value is -0.340. The van der Waals surface area contributed by atoms with E-state index < -0.39 is 5.60 Å². The number of hydrogen-bond donors (Lipinski definition) is 2. The van der Waals surface area contributed by atoms with Crippen LogP contribution < -0.4 is 0 Å². The average molecular weight is 417 g/mol. The maximum atomic E-state index is 10.7. The Balaban J connectivity index is 1.37. The van der Waals surface area contributed by atoms with Crippen LogP contribution in [0, 0.1) is 40.4 Å². The highest BCUT2D eigenvalue weighted by molar-refractivity contribution is 5.10. The van der Waals surface area contributed by atoms with Gasteiger partial charge in [-0.1, -0.05) is 32.8 Å². The molecular formula is C28H48O2. The number of fused-ring (bicyclic) bond motifs is 5. The van der Waals surface area contributed by atoms with Crippen LogP contribution in [-0.2, 0) is 0 Å². The highest BCUT2D eigenvalue weighted by atomic mass is 16.3. The zero-order valence-electron chi connectivity index (χ0n) is 20.0. The van der Waals surface area contributed by atoms with Crippen molar-refractivity contribution >= 4 is 0 Å². The largest absolute Gasteiger partial charge is 0.393 e. The summed E-state index contributed by atoms with van der Waals surface area (Å²) >= 11 is 0. The summed E-state index contributed by atoms with van der Waals surface area (Å²) < 4.78 is 0. The summed E-state index contributed by atoms with van der Waals surface area (Å²) in [7, 11) is 0. The second-order valence-corrected chi connectivity index (χ2v) is 12.6. The van der Waals surface area contributed by atoms with Gasteiger partial charge in [-0.25, -0.2) is 0 Å². The van der Waals surface area contributed by atoms with Gasteiger partial charge in [0.15, 0.2) is 0 Å². The number of aliphatic hydroxyl groups excluding tert-OH is 1. The van der Waals surface area contributed by atoms with Crippen molar-refractivity contribution in [3.05, 3.63) is 12.7 Å². The molecule has 0 saturated heterocycles. The van der Waals surface area contributed by atoms with Gasteiger partial charge in [0.05, 0.1) is 11.7 Å². The number of unbranched alkanes of at least 4 members (excludes halogenated alkanes) is 1. The minimum absolute atomic E-state index is 0.183. The van der Waals surface area contributed by atoms with Gasteiger partial charge in [-0.2, -0.15) is 0 Å². The molecule has 2 N–H and O–H groups in total. The van der Waals surface area contributed by atoms with Gasteiger partial charge in [0.1, 0.15) is 0 Å². The van der Waals surface area contributed by atoms with Crippen molar-refractivity contribution in [3.63, 3.8) is 0 Å². The van der Waals surface area contributed by atoms with Crippen LogP contribution >= 0.6 is 0 Å². The molecule has 4 saturated carbocycles. The molecule has 0 heterocycles. The van der Waals surface area contributed by atoms with Crippen LogP contribution in [0.25, 0.3) is 0 Å². The van der Waals surface area contributed by atoms with E-state index in [1.54, 1.807) is 0 Å². The molecule has 0 aromatic carbocycles. The summed E-state index contributed by atoms with van der Waals surface area (Å²) in [5.41, 5.74) is 0.619. The maximum absolute atomic E-state index is 10.7. The van der Waals surface area contributed by atoms with Crippen molar-refractivity contribution in [3.8, 4) is 0 Å². The summed E-state index contributed by atoms with van der Waals surface area (Å²) in [5, 5.41) is 20.7. The molecule has 0 aromatic heterocycles. The second-order valence-electron chi connectivity index (χ2n) is 12.6. The first-order valence-electron chi connectivity index (χ1n) is 13.2. The molecular weight excluding hydrogens is 368 g/mol. The third-order valence-corrected chi connectivity index (χ3v) is 10.9. The van der Waals surface area contributed by atoms with Gasteiger partial charge in [0.2, 0.25) is 0 Å². The van der Waals surface area contributed by atoms with Gasteiger partial charge in [0.25, 0.3) is 0 Å². The molecule has 0 aliphatic heterocycles. The molecule has 30 heavy (non-hydrogen) atoms. The van der Waals surface area contributed by atoms with Crippen molar-refractivity contribution in [2.75, 3.05) is 0 Å². The molecule has 9 atom stereocenters. The molecule has 2 heteroatoms. The summed E-state index contributed by atoms with van der Waals surface area (Å²) in [6.45, 7) is 11.1. The lowest BCUT2D eigenvalue weighted by Crippen LogP contribution is -2.55. The third-order valence-electron chi connectivity index (χ3n) is 10.9. The third kappa shape index (κ3) is 4.05. The lowest BCUT2D eigenvalue weighted by atomic mass is 9.44. The Morgan fingerprint density at radius 2 is 1.70 bits per heavy atom. The van der Waals surface area contributed by atoms with Crippen LogP contribution in [-0.4, -0.2) is 21.9 Å². The standard InChI is InChI=1S/C28H48O2/c1-5-8-22(29)10-7-6-9-20-12-14-24-23-13-11-21-19-26(2,30)17-18-28(21,4)25(23)15-16-27(20,24)3/h5,20-25,29-30H,1,6-19H2,2-4H3/t20?,21?,22?,23?,24?,25?,26-,27?,28-/m0/s1. The van der Waals surface area contributed by atoms with Crippen LogP contribution in [0.15, 0.2) is 12.7 Å². The molecule has 0 bridgehead atoms. The van der Waals surface area contributed by atoms with Crippen molar-refractivity contribution < 1.29 is 10.2 Å². The molecule has 4 aliphatic rings. The lowest BCUT2D eigenvalue weighted by molar-refractivity contribution is -0.146. The van der Waals surface area contributed by atoms with E-state index in [9.17, 15) is 10.2 Å². The zero-order chi connectivity index (χ0) is 21.6. The van der Waals surface area contributed by atoms with E-state index in [0.29, 0.717) is 10.8 Å². The van der Waals surface area contributed by atoms with E-state index in [-0.39, 0.29) is 6.10 Å². The zero-order valence-corrected chi connectivity index (χ0v) is 20.0. The monoisotopic (exact) mass is 416 g/mol. The molecule has 4 rings (SSSR count). The smallest absolute Gasteiger partial charge is 0.0622 e. The molecule has 0 aromatic rings. The van der Waals surface area contributed by atoms with Crippen LogP contribution in [0.2, 0.25) is 0 Å². The van der Waals surface area contributed by atoms with Gasteiger partial charge in [-0.15, -0.1) is 6.58 Å². The Kier molecular flexibility index (Phi) is 6.50. The predicted molar refractivity (Wildman–Crippen MR) is 125 cm³/mol. The highest BCUT2D eigenvalue weighted by Gasteiger charge is 2.60. The summed E-state index contributed by atoms with van der Waals surface area (Å²) in [6, 6.07) is 0. The lowest BCUT2D eigenvalue weighted by Gasteiger charge is -2.62. The van der Waals surface area contributed by atoms with Gasteiger partial charge in [-0.05, 0) is 124 Å². The summed E-state index contributed by atoms with van der Waals surface area (Å²) in [5.74, 6) is 4.42. The van der Waals surface area contributed by atoms with Crippen molar-refractivity contribution in [1.82, 2.24) is 0 Å². The second kappa shape index (κ2) is 8.54. The summed E-state index contributed by atoms with van der Waals surface area (Å²) in [4.78, 5) is 0. The van der Waals surface area contributed by atoms with Gasteiger partial charge in [-0.3, -0.25) is 0 Å². The average Bonchev–Trinajstić information content (AvgIpc) is 3.02. The fourth-order valence-corrected chi connectivity index (χ4v) is 9.10. The van der Waals surface area contributed by atoms with Crippen molar-refractivity contribution in [2.24, 2.45) is 40.4 Å². The Bertz CT molecular complexity index is 612. The number of rotatable bonds is 7. The van der Waals surface area contributed by atoms with Crippen LogP contribution in [0.1, 0.15) is 111 Å². The number of aliphatic hydroxyl groups is 2. The fraction of sp³-hybridized carbons (Fsp3) is 0.929. The van der Waals surface area contributed by atoms with E-state index in [1.807, 2.05) is 6.08 Å². The van der Waals surface area contributed by atoms with Crippen molar-refractivity contribution in [1.29, 1.82) is 0 Å². The molecule has 0 radical (unpaired) electrons. The topological polar surface area (TPSA) is 40.5 Å². The normalized spacial score (nSPS) is 49.0. The maximum Gasteiger partial charge on any atom is 0.0622 e. The molecule has 0 spiro atoms. The first-order valence-corrected chi connectivity index (χ1v) is 13.2. The van der Waals surface area contributed by atoms with Gasteiger partial charge >= 0.3 is 0 Å². The summed E-state index contributed by atoms with van der Waals surface area (Å²) in [6.07, 6.45) is 19.0.